The molecule has 16 heavy (non-hydrogen) atoms. The van der Waals surface area contributed by atoms with Crippen LogP contribution in [0.2, 0.25) is 0 Å². The number of rotatable bonds is 5. The molecule has 5 heteroatoms. The highest BCUT2D eigenvalue weighted by atomic mass is 16.5. The van der Waals surface area contributed by atoms with Crippen LogP contribution in [0, 0.1) is 0 Å². The molecule has 1 aromatic heterocycles. The second-order valence-electron chi connectivity index (χ2n) is 4.50. The van der Waals surface area contributed by atoms with Crippen molar-refractivity contribution >= 4 is 5.91 Å². The molecule has 0 saturated heterocycles. The molecule has 0 atom stereocenters. The number of H-pyrrole nitrogens is 1. The van der Waals surface area contributed by atoms with Crippen molar-refractivity contribution < 1.29 is 9.53 Å². The van der Waals surface area contributed by atoms with Gasteiger partial charge in [0.05, 0.1) is 18.2 Å². The van der Waals surface area contributed by atoms with Gasteiger partial charge in [-0.3, -0.25) is 9.89 Å². The predicted octanol–water partition coefficient (Wildman–Crippen LogP) is 1.18. The summed E-state index contributed by atoms with van der Waals surface area (Å²) >= 11 is 0. The molecule has 0 aliphatic heterocycles. The molecule has 0 radical (unpaired) electrons. The normalized spacial score (nSPS) is 11.5. The van der Waals surface area contributed by atoms with Crippen molar-refractivity contribution in [2.24, 2.45) is 0 Å². The van der Waals surface area contributed by atoms with Gasteiger partial charge in [-0.1, -0.05) is 0 Å². The average Bonchev–Trinajstić information content (AvgIpc) is 2.69. The summed E-state index contributed by atoms with van der Waals surface area (Å²) in [7, 11) is 3.39. The van der Waals surface area contributed by atoms with E-state index in [0.717, 1.165) is 5.56 Å². The zero-order valence-corrected chi connectivity index (χ0v) is 10.3. The highest BCUT2D eigenvalue weighted by Gasteiger charge is 2.23. The van der Waals surface area contributed by atoms with Crippen molar-refractivity contribution in [2.45, 2.75) is 32.4 Å². The Labute approximate surface area is 95.8 Å². The molecule has 0 aliphatic carbocycles. The van der Waals surface area contributed by atoms with Crippen LogP contribution in [-0.4, -0.2) is 40.8 Å². The van der Waals surface area contributed by atoms with Crippen molar-refractivity contribution in [1.82, 2.24) is 15.1 Å². The summed E-state index contributed by atoms with van der Waals surface area (Å²) in [5.41, 5.74) is 0.577. The van der Waals surface area contributed by atoms with Crippen LogP contribution in [0.5, 0.6) is 0 Å². The molecule has 1 rings (SSSR count). The van der Waals surface area contributed by atoms with Crippen LogP contribution in [0.25, 0.3) is 0 Å². The molecule has 1 amide bonds. The summed E-state index contributed by atoms with van der Waals surface area (Å²) in [4.78, 5) is 13.5. The summed E-state index contributed by atoms with van der Waals surface area (Å²) in [6, 6.07) is 0. The average molecular weight is 225 g/mol. The minimum Gasteiger partial charge on any atom is -0.378 e. The van der Waals surface area contributed by atoms with Gasteiger partial charge in [-0.2, -0.15) is 5.10 Å². The Morgan fingerprint density at radius 1 is 1.62 bits per heavy atom. The third-order valence-corrected chi connectivity index (χ3v) is 2.53. The summed E-state index contributed by atoms with van der Waals surface area (Å²) in [6.07, 6.45) is 3.87. The summed E-state index contributed by atoms with van der Waals surface area (Å²) in [5, 5.41) is 6.56. The standard InChI is InChI=1S/C11H19N3O2/c1-11(2,16-4)5-10(15)14(3)8-9-6-12-13-7-9/h6-7H,5,8H2,1-4H3,(H,12,13). The van der Waals surface area contributed by atoms with Crippen LogP contribution in [0.4, 0.5) is 0 Å². The van der Waals surface area contributed by atoms with Gasteiger partial charge in [0, 0.05) is 32.5 Å². The number of hydrogen-bond donors (Lipinski definition) is 1. The lowest BCUT2D eigenvalue weighted by Crippen LogP contribution is -2.34. The van der Waals surface area contributed by atoms with Crippen molar-refractivity contribution in [3.05, 3.63) is 18.0 Å². The number of aromatic nitrogens is 2. The first-order valence-electron chi connectivity index (χ1n) is 5.21. The van der Waals surface area contributed by atoms with E-state index in [-0.39, 0.29) is 5.91 Å². The number of methoxy groups -OCH3 is 1. The number of aromatic amines is 1. The van der Waals surface area contributed by atoms with Gasteiger partial charge in [-0.05, 0) is 13.8 Å². The minimum absolute atomic E-state index is 0.0630. The van der Waals surface area contributed by atoms with E-state index in [1.54, 1.807) is 31.5 Å². The highest BCUT2D eigenvalue weighted by molar-refractivity contribution is 5.76. The molecule has 90 valence electrons. The third kappa shape index (κ3) is 3.66. The molecule has 0 fully saturated rings. The van der Waals surface area contributed by atoms with Gasteiger partial charge < -0.3 is 9.64 Å². The first-order valence-corrected chi connectivity index (χ1v) is 5.21. The van der Waals surface area contributed by atoms with E-state index >= 15 is 0 Å². The molecule has 0 bridgehead atoms. The topological polar surface area (TPSA) is 58.2 Å². The van der Waals surface area contributed by atoms with Crippen LogP contribution in [0.15, 0.2) is 12.4 Å². The molecule has 1 aromatic rings. The Bertz CT molecular complexity index is 333. The van der Waals surface area contributed by atoms with E-state index in [4.69, 9.17) is 4.74 Å². The molecule has 0 unspecified atom stereocenters. The quantitative estimate of drug-likeness (QED) is 0.818. The van der Waals surface area contributed by atoms with Gasteiger partial charge >= 0.3 is 0 Å². The smallest absolute Gasteiger partial charge is 0.225 e. The first-order chi connectivity index (χ1) is 7.44. The van der Waals surface area contributed by atoms with Gasteiger partial charge in [-0.15, -0.1) is 0 Å². The minimum atomic E-state index is -0.415. The van der Waals surface area contributed by atoms with Crippen molar-refractivity contribution in [2.75, 3.05) is 14.2 Å². The summed E-state index contributed by atoms with van der Waals surface area (Å²) < 4.78 is 5.23. The van der Waals surface area contributed by atoms with Crippen LogP contribution in [0.3, 0.4) is 0 Å². The maximum absolute atomic E-state index is 11.9. The Balaban J connectivity index is 2.48. The second-order valence-corrected chi connectivity index (χ2v) is 4.50. The van der Waals surface area contributed by atoms with Crippen LogP contribution >= 0.6 is 0 Å². The first kappa shape index (κ1) is 12.7. The van der Waals surface area contributed by atoms with Gasteiger partial charge in [0.25, 0.3) is 0 Å². The third-order valence-electron chi connectivity index (χ3n) is 2.53. The zero-order valence-electron chi connectivity index (χ0n) is 10.3. The fraction of sp³-hybridized carbons (Fsp3) is 0.636. The fourth-order valence-electron chi connectivity index (χ4n) is 1.30. The Kier molecular flexibility index (Phi) is 4.06. The van der Waals surface area contributed by atoms with Crippen molar-refractivity contribution in [3.63, 3.8) is 0 Å². The maximum atomic E-state index is 11.9. The second kappa shape index (κ2) is 5.12. The molecule has 1 N–H and O–H groups in total. The number of carbonyl (C=O) groups excluding carboxylic acids is 1. The van der Waals surface area contributed by atoms with E-state index in [9.17, 15) is 4.79 Å². The van der Waals surface area contributed by atoms with Crippen molar-refractivity contribution in [1.29, 1.82) is 0 Å². The lowest BCUT2D eigenvalue weighted by molar-refractivity contribution is -0.135. The number of nitrogens with one attached hydrogen (secondary N) is 1. The molecule has 0 aromatic carbocycles. The molecule has 0 spiro atoms. The van der Waals surface area contributed by atoms with Crippen LogP contribution < -0.4 is 0 Å². The SMILES string of the molecule is COC(C)(C)CC(=O)N(C)Cc1cn[nH]c1. The molecule has 1 heterocycles. The zero-order chi connectivity index (χ0) is 12.2. The van der Waals surface area contributed by atoms with Crippen molar-refractivity contribution in [3.8, 4) is 0 Å². The van der Waals surface area contributed by atoms with Crippen LogP contribution in [-0.2, 0) is 16.1 Å². The lowest BCUT2D eigenvalue weighted by Gasteiger charge is -2.25. The molecular formula is C11H19N3O2. The molecule has 5 nitrogen and oxygen atoms in total. The van der Waals surface area contributed by atoms with Gasteiger partial charge in [-0.25, -0.2) is 0 Å². The van der Waals surface area contributed by atoms with E-state index in [2.05, 4.69) is 10.2 Å². The van der Waals surface area contributed by atoms with Gasteiger partial charge in [0.2, 0.25) is 5.91 Å². The molecule has 0 aliphatic rings. The van der Waals surface area contributed by atoms with Gasteiger partial charge in [0.15, 0.2) is 0 Å². The largest absolute Gasteiger partial charge is 0.378 e. The number of amides is 1. The summed E-state index contributed by atoms with van der Waals surface area (Å²) in [6.45, 7) is 4.36. The van der Waals surface area contributed by atoms with E-state index in [0.29, 0.717) is 13.0 Å². The number of ether oxygens (including phenoxy) is 1. The summed E-state index contributed by atoms with van der Waals surface area (Å²) in [5.74, 6) is 0.0630. The monoisotopic (exact) mass is 225 g/mol. The molecule has 0 saturated carbocycles. The van der Waals surface area contributed by atoms with Gasteiger partial charge in [0.1, 0.15) is 0 Å². The fourth-order valence-corrected chi connectivity index (χ4v) is 1.30. The van der Waals surface area contributed by atoms with E-state index in [1.165, 1.54) is 0 Å². The van der Waals surface area contributed by atoms with Crippen LogP contribution in [0.1, 0.15) is 25.8 Å². The lowest BCUT2D eigenvalue weighted by atomic mass is 10.0. The highest BCUT2D eigenvalue weighted by Crippen LogP contribution is 2.15. The number of hydrogen-bond acceptors (Lipinski definition) is 3. The maximum Gasteiger partial charge on any atom is 0.225 e. The Morgan fingerprint density at radius 2 is 2.31 bits per heavy atom. The number of nitrogens with zero attached hydrogens (tertiary/aromatic N) is 2. The van der Waals surface area contributed by atoms with E-state index in [1.807, 2.05) is 13.8 Å². The predicted molar refractivity (Wildman–Crippen MR) is 60.8 cm³/mol. The Morgan fingerprint density at radius 3 is 2.81 bits per heavy atom. The number of carbonyl (C=O) groups is 1. The molecular weight excluding hydrogens is 206 g/mol. The van der Waals surface area contributed by atoms with E-state index < -0.39 is 5.60 Å². The Hall–Kier alpha value is -1.36.